The van der Waals surface area contributed by atoms with Gasteiger partial charge in [-0.25, -0.2) is 13.4 Å². The summed E-state index contributed by atoms with van der Waals surface area (Å²) in [6, 6.07) is 0. The minimum absolute atomic E-state index is 0.176. The van der Waals surface area contributed by atoms with Gasteiger partial charge in [0.25, 0.3) is 10.0 Å². The van der Waals surface area contributed by atoms with Gasteiger partial charge < -0.3 is 4.98 Å². The second-order valence-electron chi connectivity index (χ2n) is 3.33. The normalized spacial score (nSPS) is 12.3. The van der Waals surface area contributed by atoms with Crippen molar-refractivity contribution in [2.45, 2.75) is 32.2 Å². The van der Waals surface area contributed by atoms with E-state index in [1.165, 1.54) is 10.5 Å². The first-order valence-electron chi connectivity index (χ1n) is 5.04. The molecular weight excluding hydrogens is 214 g/mol. The highest BCUT2D eigenvalue weighted by Crippen LogP contribution is 2.13. The van der Waals surface area contributed by atoms with Crippen LogP contribution < -0.4 is 0 Å². The molecule has 0 spiro atoms. The third-order valence-corrected chi connectivity index (χ3v) is 4.01. The lowest BCUT2D eigenvalue weighted by Gasteiger charge is -2.18. The highest BCUT2D eigenvalue weighted by molar-refractivity contribution is 7.89. The Balaban J connectivity index is 3.00. The molecule has 0 bridgehead atoms. The van der Waals surface area contributed by atoms with Crippen LogP contribution in [0, 0.1) is 6.92 Å². The second-order valence-corrected chi connectivity index (χ2v) is 5.24. The molecule has 0 unspecified atom stereocenters. The van der Waals surface area contributed by atoms with Crippen molar-refractivity contribution < 1.29 is 8.42 Å². The molecule has 0 aromatic carbocycles. The topological polar surface area (TPSA) is 66.1 Å². The van der Waals surface area contributed by atoms with Crippen LogP contribution in [-0.2, 0) is 10.0 Å². The number of nitrogens with zero attached hydrogens (tertiary/aromatic N) is 2. The van der Waals surface area contributed by atoms with E-state index in [9.17, 15) is 8.42 Å². The molecule has 86 valence electrons. The van der Waals surface area contributed by atoms with Crippen LogP contribution in [0.4, 0.5) is 0 Å². The Morgan fingerprint density at radius 2 is 2.13 bits per heavy atom. The molecule has 0 aliphatic carbocycles. The molecule has 0 aliphatic rings. The Bertz CT molecular complexity index is 411. The van der Waals surface area contributed by atoms with E-state index >= 15 is 0 Å². The van der Waals surface area contributed by atoms with Crippen LogP contribution in [0.15, 0.2) is 11.2 Å². The summed E-state index contributed by atoms with van der Waals surface area (Å²) in [5.41, 5.74) is 0. The predicted molar refractivity (Wildman–Crippen MR) is 58.0 cm³/mol. The van der Waals surface area contributed by atoms with Crippen molar-refractivity contribution in [1.29, 1.82) is 0 Å². The minimum Gasteiger partial charge on any atom is -0.332 e. The Morgan fingerprint density at radius 1 is 1.47 bits per heavy atom. The predicted octanol–water partition coefficient (Wildman–Crippen LogP) is 1.14. The number of aromatic nitrogens is 2. The summed E-state index contributed by atoms with van der Waals surface area (Å²) in [5.74, 6) is 0.612. The van der Waals surface area contributed by atoms with E-state index in [-0.39, 0.29) is 5.03 Å². The first kappa shape index (κ1) is 12.2. The molecule has 1 heterocycles. The molecule has 1 rings (SSSR count). The summed E-state index contributed by atoms with van der Waals surface area (Å²) in [5, 5.41) is 0.176. The van der Waals surface area contributed by atoms with Crippen molar-refractivity contribution >= 4 is 10.0 Å². The molecule has 0 aliphatic heterocycles. The monoisotopic (exact) mass is 231 g/mol. The maximum Gasteiger partial charge on any atom is 0.260 e. The Labute approximate surface area is 90.6 Å². The van der Waals surface area contributed by atoms with Crippen LogP contribution in [0.5, 0.6) is 0 Å². The largest absolute Gasteiger partial charge is 0.332 e. The average molecular weight is 231 g/mol. The lowest BCUT2D eigenvalue weighted by atomic mass is 10.5. The van der Waals surface area contributed by atoms with Crippen LogP contribution in [0.3, 0.4) is 0 Å². The summed E-state index contributed by atoms with van der Waals surface area (Å²) < 4.78 is 25.5. The van der Waals surface area contributed by atoms with Crippen molar-refractivity contribution in [3.8, 4) is 0 Å². The number of rotatable bonds is 5. The van der Waals surface area contributed by atoms with Gasteiger partial charge in [-0.1, -0.05) is 13.8 Å². The number of sulfonamides is 1. The zero-order valence-corrected chi connectivity index (χ0v) is 10.1. The standard InChI is InChI=1S/C9H17N3O2S/c1-4-6-12(5-2)15(13,14)9-7-10-8(3)11-9/h7H,4-6H2,1-3H3,(H,10,11). The summed E-state index contributed by atoms with van der Waals surface area (Å²) in [4.78, 5) is 6.65. The molecule has 0 saturated heterocycles. The van der Waals surface area contributed by atoms with Gasteiger partial charge in [0.15, 0.2) is 5.03 Å². The number of nitrogens with one attached hydrogen (secondary N) is 1. The zero-order chi connectivity index (χ0) is 11.5. The number of aromatic amines is 1. The van der Waals surface area contributed by atoms with Crippen LogP contribution in [0.25, 0.3) is 0 Å². The third kappa shape index (κ3) is 2.57. The van der Waals surface area contributed by atoms with Crippen LogP contribution in [0.2, 0.25) is 0 Å². The van der Waals surface area contributed by atoms with E-state index < -0.39 is 10.0 Å². The number of imidazole rings is 1. The Morgan fingerprint density at radius 3 is 2.53 bits per heavy atom. The van der Waals surface area contributed by atoms with E-state index in [0.29, 0.717) is 18.9 Å². The van der Waals surface area contributed by atoms with Gasteiger partial charge in [0.05, 0.1) is 6.20 Å². The summed E-state index contributed by atoms with van der Waals surface area (Å²) >= 11 is 0. The fraction of sp³-hybridized carbons (Fsp3) is 0.667. The fourth-order valence-electron chi connectivity index (χ4n) is 1.37. The smallest absolute Gasteiger partial charge is 0.260 e. The van der Waals surface area contributed by atoms with Crippen LogP contribution in [-0.4, -0.2) is 35.8 Å². The quantitative estimate of drug-likeness (QED) is 0.826. The minimum atomic E-state index is -3.38. The van der Waals surface area contributed by atoms with Crippen molar-refractivity contribution in [2.75, 3.05) is 13.1 Å². The molecule has 0 amide bonds. The molecule has 0 radical (unpaired) electrons. The number of aryl methyl sites for hydroxylation is 1. The van der Waals surface area contributed by atoms with E-state index in [4.69, 9.17) is 0 Å². The van der Waals surface area contributed by atoms with Gasteiger partial charge in [-0.2, -0.15) is 4.31 Å². The maximum atomic E-state index is 12.0. The molecule has 0 fully saturated rings. The molecule has 5 nitrogen and oxygen atoms in total. The van der Waals surface area contributed by atoms with E-state index in [0.717, 1.165) is 6.42 Å². The highest BCUT2D eigenvalue weighted by atomic mass is 32.2. The van der Waals surface area contributed by atoms with Gasteiger partial charge in [-0.05, 0) is 13.3 Å². The van der Waals surface area contributed by atoms with Gasteiger partial charge in [-0.3, -0.25) is 0 Å². The molecule has 1 aromatic rings. The SMILES string of the molecule is CCCN(CC)S(=O)(=O)c1cnc(C)[nH]1. The molecular formula is C9H17N3O2S. The van der Waals surface area contributed by atoms with Crippen LogP contribution in [0.1, 0.15) is 26.1 Å². The van der Waals surface area contributed by atoms with E-state index in [1.807, 2.05) is 13.8 Å². The molecule has 6 heteroatoms. The maximum absolute atomic E-state index is 12.0. The number of hydrogen-bond acceptors (Lipinski definition) is 3. The summed E-state index contributed by atoms with van der Waals surface area (Å²) in [7, 11) is -3.38. The number of H-pyrrole nitrogens is 1. The van der Waals surface area contributed by atoms with Crippen molar-refractivity contribution in [2.24, 2.45) is 0 Å². The molecule has 1 N–H and O–H groups in total. The van der Waals surface area contributed by atoms with Crippen molar-refractivity contribution in [1.82, 2.24) is 14.3 Å². The molecule has 1 aromatic heterocycles. The van der Waals surface area contributed by atoms with Gasteiger partial charge in [0.2, 0.25) is 0 Å². The second kappa shape index (κ2) is 4.76. The lowest BCUT2D eigenvalue weighted by Crippen LogP contribution is -2.31. The molecule has 0 atom stereocenters. The van der Waals surface area contributed by atoms with Gasteiger partial charge >= 0.3 is 0 Å². The van der Waals surface area contributed by atoms with Crippen molar-refractivity contribution in [3.05, 3.63) is 12.0 Å². The van der Waals surface area contributed by atoms with Gasteiger partial charge in [0, 0.05) is 13.1 Å². The average Bonchev–Trinajstić information content (AvgIpc) is 2.61. The van der Waals surface area contributed by atoms with Crippen LogP contribution >= 0.6 is 0 Å². The summed E-state index contributed by atoms with van der Waals surface area (Å²) in [6.45, 7) is 6.53. The van der Waals surface area contributed by atoms with Gasteiger partial charge in [0.1, 0.15) is 5.82 Å². The highest BCUT2D eigenvalue weighted by Gasteiger charge is 2.23. The number of hydrogen-bond donors (Lipinski definition) is 1. The Kier molecular flexibility index (Phi) is 3.87. The lowest BCUT2D eigenvalue weighted by molar-refractivity contribution is 0.425. The van der Waals surface area contributed by atoms with E-state index in [2.05, 4.69) is 9.97 Å². The zero-order valence-electron chi connectivity index (χ0n) is 9.32. The van der Waals surface area contributed by atoms with Crippen molar-refractivity contribution in [3.63, 3.8) is 0 Å². The third-order valence-electron chi connectivity index (χ3n) is 2.12. The van der Waals surface area contributed by atoms with E-state index in [1.54, 1.807) is 6.92 Å². The first-order chi connectivity index (χ1) is 7.02. The van der Waals surface area contributed by atoms with Gasteiger partial charge in [-0.15, -0.1) is 0 Å². The molecule has 0 saturated carbocycles. The Hall–Kier alpha value is -0.880. The molecule has 15 heavy (non-hydrogen) atoms. The first-order valence-corrected chi connectivity index (χ1v) is 6.48. The fourth-order valence-corrected chi connectivity index (χ4v) is 2.87. The summed E-state index contributed by atoms with van der Waals surface area (Å²) in [6.07, 6.45) is 2.17.